The van der Waals surface area contributed by atoms with E-state index in [1.807, 2.05) is 35.4 Å². The maximum Gasteiger partial charge on any atom is 0.224 e. The highest BCUT2D eigenvalue weighted by Crippen LogP contribution is 2.30. The number of para-hydroxylation sites is 1. The first-order chi connectivity index (χ1) is 11.6. The summed E-state index contributed by atoms with van der Waals surface area (Å²) >= 11 is 0. The summed E-state index contributed by atoms with van der Waals surface area (Å²) in [4.78, 5) is 16.1. The third-order valence-corrected chi connectivity index (χ3v) is 4.40. The van der Waals surface area contributed by atoms with Crippen LogP contribution in [-0.4, -0.2) is 12.5 Å². The summed E-state index contributed by atoms with van der Waals surface area (Å²) in [6.45, 7) is 9.04. The van der Waals surface area contributed by atoms with Gasteiger partial charge in [0.05, 0.1) is 12.2 Å². The lowest BCUT2D eigenvalue weighted by atomic mass is 10.00. The molecule has 0 saturated heterocycles. The van der Waals surface area contributed by atoms with Gasteiger partial charge in [0.1, 0.15) is 0 Å². The molecule has 0 aromatic heterocycles. The molecule has 0 atom stereocenters. The summed E-state index contributed by atoms with van der Waals surface area (Å²) in [6.07, 6.45) is 6.05. The number of carbonyl (C=O) groups is 1. The van der Waals surface area contributed by atoms with E-state index < -0.39 is 0 Å². The van der Waals surface area contributed by atoms with Crippen molar-refractivity contribution in [2.24, 2.45) is 0 Å². The number of anilines is 2. The molecule has 0 N–H and O–H groups in total. The summed E-state index contributed by atoms with van der Waals surface area (Å²) in [5.41, 5.74) is 5.39. The highest BCUT2D eigenvalue weighted by Gasteiger charge is 2.18. The Morgan fingerprint density at radius 2 is 1.96 bits per heavy atom. The molecule has 0 spiro atoms. The van der Waals surface area contributed by atoms with Crippen molar-refractivity contribution >= 4 is 29.4 Å². The second kappa shape index (κ2) is 6.75. The third-order valence-electron chi connectivity index (χ3n) is 4.40. The van der Waals surface area contributed by atoms with Crippen LogP contribution in [-0.2, 0) is 11.3 Å². The Morgan fingerprint density at radius 3 is 2.67 bits per heavy atom. The van der Waals surface area contributed by atoms with Crippen LogP contribution in [0, 0.1) is 0 Å². The van der Waals surface area contributed by atoms with Gasteiger partial charge >= 0.3 is 0 Å². The van der Waals surface area contributed by atoms with Crippen molar-refractivity contribution in [1.29, 1.82) is 0 Å². The number of benzene rings is 2. The molecule has 3 rings (SSSR count). The first kappa shape index (κ1) is 16.1. The van der Waals surface area contributed by atoms with E-state index in [9.17, 15) is 4.79 Å². The summed E-state index contributed by atoms with van der Waals surface area (Å²) < 4.78 is 0. The monoisotopic (exact) mass is 318 g/mol. The van der Waals surface area contributed by atoms with Crippen molar-refractivity contribution in [3.63, 3.8) is 0 Å². The molecule has 0 bridgehead atoms. The van der Waals surface area contributed by atoms with Gasteiger partial charge in [-0.1, -0.05) is 43.0 Å². The average Bonchev–Trinajstić information content (AvgIpc) is 2.58. The van der Waals surface area contributed by atoms with Crippen molar-refractivity contribution < 1.29 is 4.79 Å². The standard InChI is InChI=1S/C21H22N2O/c1-4-22(5-2)20-13-12-19-15-23(16(3)24)21-9-7-6-8-17(21)10-11-18(19)14-20/h4,6-14H,1,5,15H2,2-3H3/b11-10-. The molecule has 1 aliphatic heterocycles. The molecule has 1 amide bonds. The van der Waals surface area contributed by atoms with Crippen LogP contribution in [0.4, 0.5) is 11.4 Å². The normalized spacial score (nSPS) is 14.0. The summed E-state index contributed by atoms with van der Waals surface area (Å²) in [5.74, 6) is 0.0500. The predicted octanol–water partition coefficient (Wildman–Crippen LogP) is 4.69. The average molecular weight is 318 g/mol. The fourth-order valence-corrected chi connectivity index (χ4v) is 3.07. The zero-order chi connectivity index (χ0) is 17.1. The van der Waals surface area contributed by atoms with Gasteiger partial charge in [0.2, 0.25) is 5.91 Å². The van der Waals surface area contributed by atoms with E-state index in [4.69, 9.17) is 0 Å². The zero-order valence-electron chi connectivity index (χ0n) is 14.2. The molecule has 0 aliphatic carbocycles. The molecule has 1 heterocycles. The number of carbonyl (C=O) groups excluding carboxylic acids is 1. The van der Waals surface area contributed by atoms with Crippen LogP contribution in [0.5, 0.6) is 0 Å². The van der Waals surface area contributed by atoms with Gasteiger partial charge in [-0.05, 0) is 48.0 Å². The van der Waals surface area contributed by atoms with Gasteiger partial charge in [-0.15, -0.1) is 0 Å². The zero-order valence-corrected chi connectivity index (χ0v) is 14.2. The van der Waals surface area contributed by atoms with Crippen LogP contribution in [0.1, 0.15) is 30.5 Å². The Morgan fingerprint density at radius 1 is 1.21 bits per heavy atom. The second-order valence-electron chi connectivity index (χ2n) is 5.85. The maximum absolute atomic E-state index is 12.2. The van der Waals surface area contributed by atoms with Crippen molar-refractivity contribution in [2.45, 2.75) is 20.4 Å². The van der Waals surface area contributed by atoms with Crippen molar-refractivity contribution in [3.8, 4) is 0 Å². The van der Waals surface area contributed by atoms with Gasteiger partial charge in [0.25, 0.3) is 0 Å². The van der Waals surface area contributed by atoms with Gasteiger partial charge in [0, 0.05) is 19.2 Å². The van der Waals surface area contributed by atoms with Crippen LogP contribution in [0.3, 0.4) is 0 Å². The van der Waals surface area contributed by atoms with Gasteiger partial charge < -0.3 is 9.80 Å². The van der Waals surface area contributed by atoms with E-state index in [0.717, 1.165) is 34.6 Å². The van der Waals surface area contributed by atoms with E-state index in [2.05, 4.69) is 48.8 Å². The smallest absolute Gasteiger partial charge is 0.224 e. The Hall–Kier alpha value is -2.81. The molecule has 3 heteroatoms. The number of hydrogen-bond acceptors (Lipinski definition) is 2. The van der Waals surface area contributed by atoms with Crippen molar-refractivity contribution in [2.75, 3.05) is 16.3 Å². The van der Waals surface area contributed by atoms with Crippen LogP contribution >= 0.6 is 0 Å². The Labute approximate surface area is 143 Å². The van der Waals surface area contributed by atoms with Gasteiger partial charge in [0.15, 0.2) is 0 Å². The van der Waals surface area contributed by atoms with Crippen molar-refractivity contribution in [3.05, 3.63) is 71.9 Å². The molecule has 1 aliphatic rings. The minimum absolute atomic E-state index is 0.0500. The molecule has 3 nitrogen and oxygen atoms in total. The molecule has 0 radical (unpaired) electrons. The summed E-state index contributed by atoms with van der Waals surface area (Å²) in [6, 6.07) is 14.3. The number of amides is 1. The Kier molecular flexibility index (Phi) is 4.52. The molecule has 0 fully saturated rings. The molecule has 0 unspecified atom stereocenters. The first-order valence-electron chi connectivity index (χ1n) is 8.21. The molecule has 24 heavy (non-hydrogen) atoms. The summed E-state index contributed by atoms with van der Waals surface area (Å²) in [7, 11) is 0. The molecular formula is C21H22N2O. The quantitative estimate of drug-likeness (QED) is 0.819. The largest absolute Gasteiger partial charge is 0.349 e. The number of nitrogens with zero attached hydrogens (tertiary/aromatic N) is 2. The van der Waals surface area contributed by atoms with Crippen LogP contribution in [0.2, 0.25) is 0 Å². The van der Waals surface area contributed by atoms with Crippen LogP contribution in [0.25, 0.3) is 12.2 Å². The highest BCUT2D eigenvalue weighted by atomic mass is 16.2. The van der Waals surface area contributed by atoms with E-state index in [0.29, 0.717) is 6.54 Å². The minimum atomic E-state index is 0.0500. The van der Waals surface area contributed by atoms with Gasteiger partial charge in [-0.3, -0.25) is 4.79 Å². The van der Waals surface area contributed by atoms with E-state index in [1.165, 1.54) is 0 Å². The minimum Gasteiger partial charge on any atom is -0.349 e. The number of fused-ring (bicyclic) bond motifs is 2. The van der Waals surface area contributed by atoms with E-state index >= 15 is 0 Å². The van der Waals surface area contributed by atoms with Crippen LogP contribution in [0.15, 0.2) is 55.2 Å². The summed E-state index contributed by atoms with van der Waals surface area (Å²) in [5, 5.41) is 0. The van der Waals surface area contributed by atoms with Gasteiger partial charge in [-0.25, -0.2) is 0 Å². The Balaban J connectivity index is 2.11. The maximum atomic E-state index is 12.2. The van der Waals surface area contributed by atoms with Crippen molar-refractivity contribution in [1.82, 2.24) is 0 Å². The number of rotatable bonds is 3. The first-order valence-corrected chi connectivity index (χ1v) is 8.21. The molecule has 122 valence electrons. The van der Waals surface area contributed by atoms with E-state index in [-0.39, 0.29) is 5.91 Å². The molecule has 0 saturated carbocycles. The van der Waals surface area contributed by atoms with Gasteiger partial charge in [-0.2, -0.15) is 0 Å². The third kappa shape index (κ3) is 2.98. The highest BCUT2D eigenvalue weighted by molar-refractivity contribution is 5.95. The predicted molar refractivity (Wildman–Crippen MR) is 102 cm³/mol. The molecule has 2 aromatic carbocycles. The lowest BCUT2D eigenvalue weighted by Gasteiger charge is -2.27. The Bertz CT molecular complexity index is 807. The molecule has 2 aromatic rings. The molecular weight excluding hydrogens is 296 g/mol. The van der Waals surface area contributed by atoms with E-state index in [1.54, 1.807) is 6.92 Å². The topological polar surface area (TPSA) is 23.6 Å². The van der Waals surface area contributed by atoms with Crippen LogP contribution < -0.4 is 9.80 Å². The fourth-order valence-electron chi connectivity index (χ4n) is 3.07. The lowest BCUT2D eigenvalue weighted by molar-refractivity contribution is -0.116. The lowest BCUT2D eigenvalue weighted by Crippen LogP contribution is -2.29. The number of hydrogen-bond donors (Lipinski definition) is 0. The second-order valence-corrected chi connectivity index (χ2v) is 5.85. The SMILES string of the molecule is C=CN(CC)c1ccc2c(c1)/C=C\c1ccccc1N(C(C)=O)C2. The fraction of sp³-hybridized carbons (Fsp3) is 0.190.